The van der Waals surface area contributed by atoms with E-state index >= 15 is 0 Å². The van der Waals surface area contributed by atoms with Crippen molar-refractivity contribution in [3.05, 3.63) is 17.2 Å². The first-order chi connectivity index (χ1) is 6.68. The summed E-state index contributed by atoms with van der Waals surface area (Å²) in [6, 6.07) is 0. The van der Waals surface area contributed by atoms with Crippen LogP contribution in [0.15, 0.2) is 0 Å². The minimum atomic E-state index is -0.283. The van der Waals surface area contributed by atoms with Crippen molar-refractivity contribution in [2.75, 3.05) is 0 Å². The van der Waals surface area contributed by atoms with Gasteiger partial charge in [-0.15, -0.1) is 0 Å². The van der Waals surface area contributed by atoms with Crippen LogP contribution in [0, 0.1) is 6.92 Å². The van der Waals surface area contributed by atoms with Gasteiger partial charge in [-0.1, -0.05) is 0 Å². The van der Waals surface area contributed by atoms with Crippen LogP contribution in [0.4, 0.5) is 0 Å². The molecule has 0 aromatic carbocycles. The summed E-state index contributed by atoms with van der Waals surface area (Å²) in [5.41, 5.74) is 2.61. The van der Waals surface area contributed by atoms with Gasteiger partial charge in [0.25, 0.3) is 0 Å². The summed E-state index contributed by atoms with van der Waals surface area (Å²) >= 11 is 0. The fourth-order valence-corrected chi connectivity index (χ4v) is 2.24. The molecule has 1 N–H and O–H groups in total. The maximum atomic E-state index is 9.40. The Kier molecular flexibility index (Phi) is 2.59. The third-order valence-electron chi connectivity index (χ3n) is 2.87. The average Bonchev–Trinajstić information content (AvgIpc) is 2.43. The van der Waals surface area contributed by atoms with Gasteiger partial charge in [0.2, 0.25) is 0 Å². The molecule has 0 radical (unpaired) electrons. The molecular weight excluding hydrogens is 176 g/mol. The molecule has 78 valence electrons. The van der Waals surface area contributed by atoms with E-state index in [9.17, 15) is 5.11 Å². The molecule has 0 amide bonds. The molecule has 0 fully saturated rings. The summed E-state index contributed by atoms with van der Waals surface area (Å²) in [6.07, 6.45) is 4.48. The van der Waals surface area contributed by atoms with Crippen molar-refractivity contribution in [3.8, 4) is 0 Å². The molecule has 0 spiro atoms. The van der Waals surface area contributed by atoms with Gasteiger partial charge in [-0.2, -0.15) is 0 Å². The molecule has 1 aromatic rings. The third kappa shape index (κ3) is 1.69. The van der Waals surface area contributed by atoms with E-state index in [0.29, 0.717) is 6.54 Å². The van der Waals surface area contributed by atoms with Gasteiger partial charge in [0.15, 0.2) is 0 Å². The number of aryl methyl sites for hydroxylation is 2. The van der Waals surface area contributed by atoms with E-state index in [1.54, 1.807) is 0 Å². The Balaban J connectivity index is 2.33. The number of aliphatic hydroxyl groups is 1. The van der Waals surface area contributed by atoms with Crippen LogP contribution in [0.1, 0.15) is 37.0 Å². The van der Waals surface area contributed by atoms with Gasteiger partial charge in [0, 0.05) is 12.2 Å². The van der Waals surface area contributed by atoms with E-state index in [1.165, 1.54) is 24.2 Å². The summed E-state index contributed by atoms with van der Waals surface area (Å²) in [4.78, 5) is 4.56. The van der Waals surface area contributed by atoms with Crippen molar-refractivity contribution >= 4 is 0 Å². The highest BCUT2D eigenvalue weighted by atomic mass is 16.3. The first kappa shape index (κ1) is 9.71. The second-order valence-electron chi connectivity index (χ2n) is 4.22. The van der Waals surface area contributed by atoms with Crippen molar-refractivity contribution < 1.29 is 5.11 Å². The Hall–Kier alpha value is -0.830. The number of nitrogens with zero attached hydrogens (tertiary/aromatic N) is 2. The fourth-order valence-electron chi connectivity index (χ4n) is 2.24. The van der Waals surface area contributed by atoms with E-state index in [1.807, 2.05) is 13.8 Å². The zero-order chi connectivity index (χ0) is 10.1. The maximum Gasteiger partial charge on any atom is 0.106 e. The van der Waals surface area contributed by atoms with Crippen LogP contribution >= 0.6 is 0 Å². The Morgan fingerprint density at radius 3 is 2.86 bits per heavy atom. The Morgan fingerprint density at radius 1 is 1.43 bits per heavy atom. The smallest absolute Gasteiger partial charge is 0.106 e. The van der Waals surface area contributed by atoms with Gasteiger partial charge in [-0.3, -0.25) is 0 Å². The van der Waals surface area contributed by atoms with Crippen LogP contribution in [0.25, 0.3) is 0 Å². The van der Waals surface area contributed by atoms with Crippen LogP contribution < -0.4 is 0 Å². The molecule has 0 aliphatic heterocycles. The monoisotopic (exact) mass is 194 g/mol. The van der Waals surface area contributed by atoms with Crippen LogP contribution in [-0.4, -0.2) is 20.8 Å². The molecule has 0 saturated carbocycles. The molecule has 3 heteroatoms. The molecule has 2 rings (SSSR count). The molecule has 0 bridgehead atoms. The van der Waals surface area contributed by atoms with Crippen LogP contribution in [-0.2, 0) is 19.4 Å². The van der Waals surface area contributed by atoms with Gasteiger partial charge in [-0.25, -0.2) is 4.98 Å². The number of hydrogen-bond donors (Lipinski definition) is 1. The maximum absolute atomic E-state index is 9.40. The molecule has 1 atom stereocenters. The van der Waals surface area contributed by atoms with Crippen molar-refractivity contribution in [2.45, 2.75) is 52.2 Å². The SMILES string of the molecule is Cc1nc2c(n1C[C@H](C)O)CCCC2. The molecule has 1 heterocycles. The van der Waals surface area contributed by atoms with Gasteiger partial charge in [0.1, 0.15) is 5.82 Å². The van der Waals surface area contributed by atoms with Crippen molar-refractivity contribution in [1.29, 1.82) is 0 Å². The molecule has 14 heavy (non-hydrogen) atoms. The standard InChI is InChI=1S/C11H18N2O/c1-8(14)7-13-9(2)12-10-5-3-4-6-11(10)13/h8,14H,3-7H2,1-2H3/t8-/m0/s1. The molecule has 1 aliphatic rings. The second-order valence-corrected chi connectivity index (χ2v) is 4.22. The zero-order valence-electron chi connectivity index (χ0n) is 8.95. The molecule has 0 unspecified atom stereocenters. The topological polar surface area (TPSA) is 38.0 Å². The Morgan fingerprint density at radius 2 is 2.14 bits per heavy atom. The first-order valence-corrected chi connectivity index (χ1v) is 5.41. The van der Waals surface area contributed by atoms with Gasteiger partial charge in [-0.05, 0) is 39.5 Å². The predicted molar refractivity (Wildman–Crippen MR) is 55.3 cm³/mol. The van der Waals surface area contributed by atoms with E-state index in [-0.39, 0.29) is 6.10 Å². The summed E-state index contributed by atoms with van der Waals surface area (Å²) in [5, 5.41) is 9.40. The summed E-state index contributed by atoms with van der Waals surface area (Å²) in [5.74, 6) is 1.05. The van der Waals surface area contributed by atoms with E-state index < -0.39 is 0 Å². The molecule has 3 nitrogen and oxygen atoms in total. The van der Waals surface area contributed by atoms with Gasteiger partial charge < -0.3 is 9.67 Å². The molecular formula is C11H18N2O. The predicted octanol–water partition coefficient (Wildman–Crippen LogP) is 1.45. The van der Waals surface area contributed by atoms with E-state index in [4.69, 9.17) is 0 Å². The molecule has 1 aromatic heterocycles. The number of fused-ring (bicyclic) bond motifs is 1. The highest BCUT2D eigenvalue weighted by Crippen LogP contribution is 2.22. The number of aliphatic hydroxyl groups excluding tert-OH is 1. The zero-order valence-corrected chi connectivity index (χ0v) is 8.95. The largest absolute Gasteiger partial charge is 0.392 e. The van der Waals surface area contributed by atoms with E-state index in [0.717, 1.165) is 18.7 Å². The lowest BCUT2D eigenvalue weighted by molar-refractivity contribution is 0.171. The summed E-state index contributed by atoms with van der Waals surface area (Å²) in [6.45, 7) is 4.55. The van der Waals surface area contributed by atoms with Crippen LogP contribution in [0.2, 0.25) is 0 Å². The molecule has 0 saturated heterocycles. The summed E-state index contributed by atoms with van der Waals surface area (Å²) in [7, 11) is 0. The van der Waals surface area contributed by atoms with Crippen LogP contribution in [0.3, 0.4) is 0 Å². The average molecular weight is 194 g/mol. The lowest BCUT2D eigenvalue weighted by Gasteiger charge is -2.15. The lowest BCUT2D eigenvalue weighted by Crippen LogP contribution is -2.16. The minimum Gasteiger partial charge on any atom is -0.392 e. The number of aromatic nitrogens is 2. The normalized spacial score (nSPS) is 17.9. The number of rotatable bonds is 2. The van der Waals surface area contributed by atoms with Crippen molar-refractivity contribution in [2.24, 2.45) is 0 Å². The molecule has 1 aliphatic carbocycles. The fraction of sp³-hybridized carbons (Fsp3) is 0.727. The highest BCUT2D eigenvalue weighted by molar-refractivity contribution is 5.19. The van der Waals surface area contributed by atoms with Gasteiger partial charge in [0.05, 0.1) is 11.8 Å². The van der Waals surface area contributed by atoms with Crippen molar-refractivity contribution in [3.63, 3.8) is 0 Å². The van der Waals surface area contributed by atoms with Crippen LogP contribution in [0.5, 0.6) is 0 Å². The van der Waals surface area contributed by atoms with E-state index in [2.05, 4.69) is 9.55 Å². The Bertz CT molecular complexity index is 328. The Labute approximate surface area is 84.8 Å². The number of hydrogen-bond acceptors (Lipinski definition) is 2. The van der Waals surface area contributed by atoms with Gasteiger partial charge >= 0.3 is 0 Å². The quantitative estimate of drug-likeness (QED) is 0.774. The van der Waals surface area contributed by atoms with Crippen molar-refractivity contribution in [1.82, 2.24) is 9.55 Å². The highest BCUT2D eigenvalue weighted by Gasteiger charge is 2.18. The lowest BCUT2D eigenvalue weighted by atomic mass is 10.0. The third-order valence-corrected chi connectivity index (χ3v) is 2.87. The number of imidazole rings is 1. The minimum absolute atomic E-state index is 0.283. The summed E-state index contributed by atoms with van der Waals surface area (Å²) < 4.78 is 2.18. The second kappa shape index (κ2) is 3.73. The first-order valence-electron chi connectivity index (χ1n) is 5.41.